The molecule has 3 nitrogen and oxygen atoms in total. The second kappa shape index (κ2) is 5.45. The summed E-state index contributed by atoms with van der Waals surface area (Å²) in [6.45, 7) is 0.465. The van der Waals surface area contributed by atoms with Gasteiger partial charge in [0.25, 0.3) is 5.91 Å². The highest BCUT2D eigenvalue weighted by Crippen LogP contribution is 2.26. The molecule has 0 atom stereocenters. The summed E-state index contributed by atoms with van der Waals surface area (Å²) in [6, 6.07) is 1.63. The van der Waals surface area contributed by atoms with E-state index < -0.39 is 5.82 Å². The van der Waals surface area contributed by atoms with Crippen LogP contribution in [-0.2, 0) is 0 Å². The highest BCUT2D eigenvalue weighted by molar-refractivity contribution is 6.18. The molecule has 0 unspecified atom stereocenters. The Labute approximate surface area is 105 Å². The molecule has 5 heteroatoms. The Hall–Kier alpha value is -1.16. The molecule has 0 N–H and O–H groups in total. The van der Waals surface area contributed by atoms with Gasteiger partial charge in [-0.15, -0.1) is 11.6 Å². The van der Waals surface area contributed by atoms with Crippen molar-refractivity contribution in [3.8, 4) is 0 Å². The Morgan fingerprint density at radius 3 is 2.88 bits per heavy atom. The molecule has 1 fully saturated rings. The van der Waals surface area contributed by atoms with E-state index in [9.17, 15) is 9.18 Å². The number of amides is 1. The maximum absolute atomic E-state index is 13.5. The van der Waals surface area contributed by atoms with E-state index in [4.69, 9.17) is 11.6 Å². The number of aromatic nitrogens is 1. The lowest BCUT2D eigenvalue weighted by molar-refractivity contribution is 0.0593. The molecule has 92 valence electrons. The van der Waals surface area contributed by atoms with Gasteiger partial charge in [0.15, 0.2) is 5.82 Å². The van der Waals surface area contributed by atoms with Crippen molar-refractivity contribution in [2.24, 2.45) is 0 Å². The van der Waals surface area contributed by atoms with Gasteiger partial charge in [-0.2, -0.15) is 0 Å². The lowest BCUT2D eigenvalue weighted by Gasteiger charge is -2.37. The fourth-order valence-electron chi connectivity index (χ4n) is 1.94. The Morgan fingerprint density at radius 1 is 1.59 bits per heavy atom. The number of rotatable bonds is 4. The molecule has 1 aromatic rings. The minimum atomic E-state index is -0.573. The topological polar surface area (TPSA) is 33.2 Å². The highest BCUT2D eigenvalue weighted by atomic mass is 35.5. The maximum atomic E-state index is 13.5. The van der Waals surface area contributed by atoms with E-state index in [-0.39, 0.29) is 17.5 Å². The van der Waals surface area contributed by atoms with Gasteiger partial charge in [0, 0.05) is 24.7 Å². The first-order valence-corrected chi connectivity index (χ1v) is 6.24. The summed E-state index contributed by atoms with van der Waals surface area (Å²) in [5.74, 6) is -0.485. The predicted molar refractivity (Wildman–Crippen MR) is 63.6 cm³/mol. The summed E-state index contributed by atoms with van der Waals surface area (Å²) in [6.07, 6.45) is 5.57. The fraction of sp³-hybridized carbons (Fsp3) is 0.500. The summed E-state index contributed by atoms with van der Waals surface area (Å²) < 4.78 is 13.5. The minimum Gasteiger partial charge on any atom is -0.334 e. The van der Waals surface area contributed by atoms with E-state index in [0.29, 0.717) is 12.4 Å². The molecule has 0 radical (unpaired) electrons. The van der Waals surface area contributed by atoms with Gasteiger partial charge >= 0.3 is 0 Å². The van der Waals surface area contributed by atoms with Crippen LogP contribution in [0.3, 0.4) is 0 Å². The van der Waals surface area contributed by atoms with Crippen LogP contribution < -0.4 is 0 Å². The smallest absolute Gasteiger partial charge is 0.257 e. The Kier molecular flexibility index (Phi) is 3.94. The van der Waals surface area contributed by atoms with E-state index in [1.165, 1.54) is 12.3 Å². The zero-order chi connectivity index (χ0) is 12.3. The molecule has 1 aliphatic rings. The number of alkyl halides is 1. The van der Waals surface area contributed by atoms with Crippen molar-refractivity contribution < 1.29 is 9.18 Å². The van der Waals surface area contributed by atoms with Crippen molar-refractivity contribution in [2.45, 2.75) is 25.3 Å². The second-order valence-electron chi connectivity index (χ2n) is 4.13. The first-order chi connectivity index (χ1) is 8.24. The average Bonchev–Trinajstić information content (AvgIpc) is 2.26. The highest BCUT2D eigenvalue weighted by Gasteiger charge is 2.30. The van der Waals surface area contributed by atoms with Crippen molar-refractivity contribution >= 4 is 17.5 Å². The quantitative estimate of drug-likeness (QED) is 0.776. The second-order valence-corrected chi connectivity index (χ2v) is 4.51. The summed E-state index contributed by atoms with van der Waals surface area (Å²) >= 11 is 5.69. The van der Waals surface area contributed by atoms with E-state index in [1.807, 2.05) is 0 Å². The summed E-state index contributed by atoms with van der Waals surface area (Å²) in [5.41, 5.74) is 0.0806. The normalized spacial score (nSPS) is 15.4. The van der Waals surface area contributed by atoms with Gasteiger partial charge in [0.1, 0.15) is 0 Å². The fourth-order valence-corrected chi connectivity index (χ4v) is 2.12. The zero-order valence-electron chi connectivity index (χ0n) is 9.40. The van der Waals surface area contributed by atoms with Crippen LogP contribution in [0.1, 0.15) is 29.6 Å². The van der Waals surface area contributed by atoms with Crippen molar-refractivity contribution in [3.63, 3.8) is 0 Å². The number of halogens is 2. The summed E-state index contributed by atoms with van der Waals surface area (Å²) in [7, 11) is 0. The van der Waals surface area contributed by atoms with Gasteiger partial charge in [-0.1, -0.05) is 0 Å². The van der Waals surface area contributed by atoms with Gasteiger partial charge in [-0.25, -0.2) is 4.39 Å². The molecule has 1 aromatic heterocycles. The third-order valence-corrected chi connectivity index (χ3v) is 3.27. The number of carbonyl (C=O) groups excluding carboxylic acids is 1. The van der Waals surface area contributed by atoms with Crippen LogP contribution in [0.25, 0.3) is 0 Å². The standard InChI is InChI=1S/C12H14ClFN2O/c13-5-7-16(9-2-1-3-9)12(17)10-4-6-15-8-11(10)14/h4,6,8-9H,1-3,5,7H2. The van der Waals surface area contributed by atoms with Gasteiger partial charge in [0.2, 0.25) is 0 Å². The van der Waals surface area contributed by atoms with Crippen LogP contribution in [0.2, 0.25) is 0 Å². The van der Waals surface area contributed by atoms with Gasteiger partial charge in [-0.3, -0.25) is 9.78 Å². The van der Waals surface area contributed by atoms with Crippen LogP contribution >= 0.6 is 11.6 Å². The van der Waals surface area contributed by atoms with Crippen molar-refractivity contribution in [1.82, 2.24) is 9.88 Å². The lowest BCUT2D eigenvalue weighted by atomic mass is 9.91. The number of hydrogen-bond acceptors (Lipinski definition) is 2. The first kappa shape index (κ1) is 12.3. The summed E-state index contributed by atoms with van der Waals surface area (Å²) in [4.78, 5) is 17.5. The molecule has 0 aliphatic heterocycles. The number of hydrogen-bond donors (Lipinski definition) is 0. The van der Waals surface area contributed by atoms with E-state index in [0.717, 1.165) is 25.5 Å². The predicted octanol–water partition coefficient (Wildman–Crippen LogP) is 2.45. The van der Waals surface area contributed by atoms with Crippen molar-refractivity contribution in [3.05, 3.63) is 29.8 Å². The molecule has 0 spiro atoms. The number of carbonyl (C=O) groups is 1. The maximum Gasteiger partial charge on any atom is 0.257 e. The monoisotopic (exact) mass is 256 g/mol. The Balaban J connectivity index is 2.18. The molecular weight excluding hydrogens is 243 g/mol. The largest absolute Gasteiger partial charge is 0.334 e. The van der Waals surface area contributed by atoms with E-state index in [2.05, 4.69) is 4.98 Å². The van der Waals surface area contributed by atoms with Crippen LogP contribution in [-0.4, -0.2) is 34.3 Å². The van der Waals surface area contributed by atoms with Crippen LogP contribution in [0.4, 0.5) is 4.39 Å². The molecule has 2 rings (SSSR count). The summed E-state index contributed by atoms with van der Waals surface area (Å²) in [5, 5.41) is 0. The van der Waals surface area contributed by atoms with Crippen molar-refractivity contribution in [2.75, 3.05) is 12.4 Å². The molecular formula is C12H14ClFN2O. The minimum absolute atomic E-state index is 0.0806. The zero-order valence-corrected chi connectivity index (χ0v) is 10.2. The van der Waals surface area contributed by atoms with E-state index >= 15 is 0 Å². The van der Waals surface area contributed by atoms with Gasteiger partial charge in [0.05, 0.1) is 11.8 Å². The van der Waals surface area contributed by atoms with E-state index in [1.54, 1.807) is 4.90 Å². The van der Waals surface area contributed by atoms with Crippen LogP contribution in [0.15, 0.2) is 18.5 Å². The SMILES string of the molecule is O=C(c1ccncc1F)N(CCCl)C1CCC1. The Bertz CT molecular complexity index is 409. The molecule has 17 heavy (non-hydrogen) atoms. The van der Waals surface area contributed by atoms with Crippen LogP contribution in [0, 0.1) is 5.82 Å². The molecule has 0 saturated heterocycles. The van der Waals surface area contributed by atoms with Gasteiger partial charge in [-0.05, 0) is 25.3 Å². The molecule has 1 saturated carbocycles. The number of nitrogens with zero attached hydrogens (tertiary/aromatic N) is 2. The first-order valence-electron chi connectivity index (χ1n) is 5.70. The molecule has 1 amide bonds. The van der Waals surface area contributed by atoms with Gasteiger partial charge < -0.3 is 4.90 Å². The lowest BCUT2D eigenvalue weighted by Crippen LogP contribution is -2.45. The third-order valence-electron chi connectivity index (χ3n) is 3.10. The van der Waals surface area contributed by atoms with Crippen LogP contribution in [0.5, 0.6) is 0 Å². The third kappa shape index (κ3) is 2.57. The molecule has 1 heterocycles. The Morgan fingerprint density at radius 2 is 2.35 bits per heavy atom. The average molecular weight is 257 g/mol. The number of pyridine rings is 1. The molecule has 0 bridgehead atoms. The molecule has 1 aliphatic carbocycles. The molecule has 0 aromatic carbocycles. The van der Waals surface area contributed by atoms with Crippen molar-refractivity contribution in [1.29, 1.82) is 0 Å².